The molecule has 0 aromatic rings. The van der Waals surface area contributed by atoms with Gasteiger partial charge < -0.3 is 19.7 Å². The van der Waals surface area contributed by atoms with Crippen molar-refractivity contribution < 1.29 is 29.3 Å². The molecule has 4 aliphatic carbocycles. The maximum absolute atomic E-state index is 12.8. The van der Waals surface area contributed by atoms with Crippen LogP contribution in [0.2, 0.25) is 0 Å². The molecular weight excluding hydrogens is 384 g/mol. The molecule has 0 aromatic heterocycles. The SMILES string of the molecule is COCOC=C1C[C@H]2[C@@H]3CCC4=CC(=O)CC[C@]4(C)[C@H]3[C@@H](O)C[C@]2(C)[C@H]1C(=O)CO. The van der Waals surface area contributed by atoms with E-state index in [1.54, 1.807) is 13.4 Å². The van der Waals surface area contributed by atoms with Gasteiger partial charge in [-0.15, -0.1) is 0 Å². The number of carbonyl (C=O) groups is 2. The van der Waals surface area contributed by atoms with Crippen molar-refractivity contribution in [1.82, 2.24) is 0 Å². The van der Waals surface area contributed by atoms with Gasteiger partial charge in [-0.1, -0.05) is 19.4 Å². The van der Waals surface area contributed by atoms with Crippen LogP contribution in [0.4, 0.5) is 0 Å². The lowest BCUT2D eigenvalue weighted by Gasteiger charge is -2.59. The van der Waals surface area contributed by atoms with Gasteiger partial charge >= 0.3 is 0 Å². The Morgan fingerprint density at radius 2 is 2.10 bits per heavy atom. The normalized spacial score (nSPS) is 44.2. The molecule has 0 radical (unpaired) electrons. The highest BCUT2D eigenvalue weighted by atomic mass is 16.7. The van der Waals surface area contributed by atoms with E-state index in [0.717, 1.165) is 31.3 Å². The van der Waals surface area contributed by atoms with Crippen LogP contribution in [0.3, 0.4) is 0 Å². The van der Waals surface area contributed by atoms with Crippen molar-refractivity contribution in [3.8, 4) is 0 Å². The lowest BCUT2D eigenvalue weighted by molar-refractivity contribution is -0.145. The van der Waals surface area contributed by atoms with Crippen molar-refractivity contribution in [3.63, 3.8) is 0 Å². The number of carbonyl (C=O) groups excluding carboxylic acids is 2. The highest BCUT2D eigenvalue weighted by molar-refractivity contribution is 5.91. The standard InChI is InChI=1S/C24H34O6/c1-23-7-6-16(26)9-15(23)4-5-17-18-8-14(12-30-13-29-3)21(20(28)11-25)24(18,2)10-19(27)22(17)23/h9,12,17-19,21-22,25,27H,4-8,10-11,13H2,1-3H3/t17-,18-,19-,21+,22+,23-,24-/m0/s1. The van der Waals surface area contributed by atoms with Gasteiger partial charge in [0.2, 0.25) is 0 Å². The topological polar surface area (TPSA) is 93.1 Å². The quantitative estimate of drug-likeness (QED) is 0.405. The van der Waals surface area contributed by atoms with Crippen LogP contribution < -0.4 is 0 Å². The Balaban J connectivity index is 1.72. The zero-order chi connectivity index (χ0) is 21.7. The van der Waals surface area contributed by atoms with E-state index in [-0.39, 0.29) is 41.5 Å². The molecule has 4 aliphatic rings. The maximum atomic E-state index is 12.8. The molecule has 0 amide bonds. The van der Waals surface area contributed by atoms with Crippen LogP contribution in [-0.4, -0.2) is 48.4 Å². The minimum atomic E-state index is -0.536. The zero-order valence-electron chi connectivity index (χ0n) is 18.2. The zero-order valence-corrected chi connectivity index (χ0v) is 18.2. The summed E-state index contributed by atoms with van der Waals surface area (Å²) in [5.41, 5.74) is 1.53. The number of rotatable bonds is 5. The summed E-state index contributed by atoms with van der Waals surface area (Å²) in [5.74, 6) is 0.150. The summed E-state index contributed by atoms with van der Waals surface area (Å²) in [5, 5.41) is 21.1. The van der Waals surface area contributed by atoms with Crippen LogP contribution in [0.25, 0.3) is 0 Å². The lowest BCUT2D eigenvalue weighted by atomic mass is 9.46. The third-order valence-corrected chi connectivity index (χ3v) is 8.72. The van der Waals surface area contributed by atoms with E-state index >= 15 is 0 Å². The third-order valence-electron chi connectivity index (χ3n) is 8.72. The van der Waals surface area contributed by atoms with Crippen LogP contribution in [-0.2, 0) is 19.1 Å². The Hall–Kier alpha value is -1.50. The number of Topliss-reactive ketones (excluding diaryl/α,β-unsaturated/α-hetero) is 1. The largest absolute Gasteiger partial charge is 0.475 e. The van der Waals surface area contributed by atoms with Gasteiger partial charge in [-0.25, -0.2) is 0 Å². The fraction of sp³-hybridized carbons (Fsp3) is 0.750. The third kappa shape index (κ3) is 3.19. The highest BCUT2D eigenvalue weighted by Crippen LogP contribution is 2.67. The maximum Gasteiger partial charge on any atom is 0.187 e. The molecule has 6 heteroatoms. The molecule has 30 heavy (non-hydrogen) atoms. The Morgan fingerprint density at radius 3 is 2.80 bits per heavy atom. The van der Waals surface area contributed by atoms with Crippen molar-refractivity contribution in [2.75, 3.05) is 20.5 Å². The lowest BCUT2D eigenvalue weighted by Crippen LogP contribution is -2.57. The van der Waals surface area contributed by atoms with E-state index in [1.165, 1.54) is 5.57 Å². The second-order valence-electron chi connectivity index (χ2n) is 10.2. The molecule has 0 bridgehead atoms. The molecule has 0 unspecified atom stereocenters. The van der Waals surface area contributed by atoms with E-state index in [9.17, 15) is 19.8 Å². The number of hydrogen-bond acceptors (Lipinski definition) is 6. The highest BCUT2D eigenvalue weighted by Gasteiger charge is 2.64. The average molecular weight is 419 g/mol. The second-order valence-corrected chi connectivity index (χ2v) is 10.2. The Bertz CT molecular complexity index is 785. The average Bonchev–Trinajstić information content (AvgIpc) is 2.99. The molecule has 4 rings (SSSR count). The molecule has 6 nitrogen and oxygen atoms in total. The van der Waals surface area contributed by atoms with Crippen molar-refractivity contribution in [3.05, 3.63) is 23.5 Å². The smallest absolute Gasteiger partial charge is 0.187 e. The number of allylic oxidation sites excluding steroid dienone is 2. The number of aliphatic hydroxyl groups excluding tert-OH is 2. The summed E-state index contributed by atoms with van der Waals surface area (Å²) in [4.78, 5) is 24.8. The molecule has 2 N–H and O–H groups in total. The number of fused-ring (bicyclic) bond motifs is 5. The Kier molecular flexibility index (Phi) is 5.71. The van der Waals surface area contributed by atoms with Crippen LogP contribution >= 0.6 is 0 Å². The van der Waals surface area contributed by atoms with E-state index < -0.39 is 24.0 Å². The molecule has 7 atom stereocenters. The van der Waals surface area contributed by atoms with E-state index in [1.807, 2.05) is 6.08 Å². The summed E-state index contributed by atoms with van der Waals surface area (Å²) in [6.07, 6.45) is 7.32. The molecule has 0 aliphatic heterocycles. The van der Waals surface area contributed by atoms with Crippen molar-refractivity contribution in [2.24, 2.45) is 34.5 Å². The van der Waals surface area contributed by atoms with Gasteiger partial charge in [0.15, 0.2) is 18.4 Å². The fourth-order valence-electron chi connectivity index (χ4n) is 7.57. The van der Waals surface area contributed by atoms with E-state index in [2.05, 4.69) is 13.8 Å². The number of ether oxygens (including phenoxy) is 2. The molecule has 0 heterocycles. The fourth-order valence-corrected chi connectivity index (χ4v) is 7.57. The van der Waals surface area contributed by atoms with Crippen LogP contribution in [0.1, 0.15) is 52.4 Å². The molecule has 166 valence electrons. The molecule has 0 aromatic carbocycles. The van der Waals surface area contributed by atoms with Gasteiger partial charge in [0.25, 0.3) is 0 Å². The summed E-state index contributed by atoms with van der Waals surface area (Å²) >= 11 is 0. The first-order valence-electron chi connectivity index (χ1n) is 11.1. The van der Waals surface area contributed by atoms with Gasteiger partial charge in [-0.05, 0) is 72.3 Å². The number of aliphatic hydroxyl groups is 2. The number of methoxy groups -OCH3 is 1. The second kappa shape index (κ2) is 7.88. The monoisotopic (exact) mass is 418 g/mol. The molecule has 3 saturated carbocycles. The molecule has 3 fully saturated rings. The molecular formula is C24H34O6. The van der Waals surface area contributed by atoms with Crippen molar-refractivity contribution >= 4 is 11.6 Å². The predicted octanol–water partition coefficient (Wildman–Crippen LogP) is 2.78. The van der Waals surface area contributed by atoms with E-state index in [0.29, 0.717) is 12.8 Å². The van der Waals surface area contributed by atoms with Gasteiger partial charge in [0.1, 0.15) is 6.61 Å². The van der Waals surface area contributed by atoms with E-state index in [4.69, 9.17) is 9.47 Å². The predicted molar refractivity (Wildman–Crippen MR) is 110 cm³/mol. The van der Waals surface area contributed by atoms with Crippen molar-refractivity contribution in [2.45, 2.75) is 58.5 Å². The summed E-state index contributed by atoms with van der Waals surface area (Å²) in [6.45, 7) is 3.92. The Labute approximate surface area is 178 Å². The van der Waals surface area contributed by atoms with Crippen LogP contribution in [0, 0.1) is 34.5 Å². The number of hydrogen-bond donors (Lipinski definition) is 2. The van der Waals surface area contributed by atoms with Gasteiger partial charge in [0, 0.05) is 13.5 Å². The van der Waals surface area contributed by atoms with Gasteiger partial charge in [0.05, 0.1) is 18.3 Å². The first-order valence-corrected chi connectivity index (χ1v) is 11.1. The van der Waals surface area contributed by atoms with Gasteiger partial charge in [-0.3, -0.25) is 9.59 Å². The summed E-state index contributed by atoms with van der Waals surface area (Å²) in [7, 11) is 1.55. The summed E-state index contributed by atoms with van der Waals surface area (Å²) < 4.78 is 10.5. The molecule has 0 spiro atoms. The minimum Gasteiger partial charge on any atom is -0.475 e. The first-order chi connectivity index (χ1) is 14.3. The Morgan fingerprint density at radius 1 is 1.33 bits per heavy atom. The van der Waals surface area contributed by atoms with Crippen LogP contribution in [0.5, 0.6) is 0 Å². The number of ketones is 2. The van der Waals surface area contributed by atoms with Crippen LogP contribution in [0.15, 0.2) is 23.5 Å². The van der Waals surface area contributed by atoms with Gasteiger partial charge in [-0.2, -0.15) is 0 Å². The minimum absolute atomic E-state index is 0.0906. The first kappa shape index (κ1) is 21.7. The molecule has 0 saturated heterocycles. The summed E-state index contributed by atoms with van der Waals surface area (Å²) in [6, 6.07) is 0. The van der Waals surface area contributed by atoms with Crippen molar-refractivity contribution in [1.29, 1.82) is 0 Å².